The molecule has 5 heteroatoms. The van der Waals surface area contributed by atoms with Gasteiger partial charge in [-0.2, -0.15) is 13.2 Å². The second kappa shape index (κ2) is 7.27. The van der Waals surface area contributed by atoms with Gasteiger partial charge in [0.05, 0.1) is 6.42 Å². The van der Waals surface area contributed by atoms with Crippen molar-refractivity contribution in [3.63, 3.8) is 0 Å². The molecule has 0 spiro atoms. The fraction of sp³-hybridized carbons (Fsp3) is 0.833. The van der Waals surface area contributed by atoms with Gasteiger partial charge in [-0.3, -0.25) is 4.79 Å². The molecular weight excluding hydrogens is 305 g/mol. The van der Waals surface area contributed by atoms with Crippen LogP contribution in [0.5, 0.6) is 0 Å². The number of hydrogen-bond acceptors (Lipinski definition) is 2. The highest BCUT2D eigenvalue weighted by Gasteiger charge is 2.48. The quantitative estimate of drug-likeness (QED) is 0.516. The van der Waals surface area contributed by atoms with E-state index in [1.165, 1.54) is 6.92 Å². The van der Waals surface area contributed by atoms with Gasteiger partial charge in [0, 0.05) is 16.9 Å². The molecule has 0 aromatic carbocycles. The minimum atomic E-state index is -4.35. The maximum Gasteiger partial charge on any atom is 0.390 e. The molecule has 0 aliphatic heterocycles. The fourth-order valence-electron chi connectivity index (χ4n) is 4.29. The summed E-state index contributed by atoms with van der Waals surface area (Å²) < 4.78 is 39.1. The highest BCUT2D eigenvalue weighted by Crippen LogP contribution is 2.47. The van der Waals surface area contributed by atoms with E-state index in [-0.39, 0.29) is 30.1 Å². The molecule has 2 aliphatic rings. The van der Waals surface area contributed by atoms with E-state index < -0.39 is 23.8 Å². The van der Waals surface area contributed by atoms with Crippen LogP contribution in [0.1, 0.15) is 77.6 Å². The van der Waals surface area contributed by atoms with Gasteiger partial charge >= 0.3 is 6.18 Å². The summed E-state index contributed by atoms with van der Waals surface area (Å²) in [5.74, 6) is -0.487. The van der Waals surface area contributed by atoms with Crippen LogP contribution in [0.25, 0.3) is 0 Å². The van der Waals surface area contributed by atoms with Gasteiger partial charge in [-0.25, -0.2) is 0 Å². The number of aliphatic hydroxyl groups is 1. The number of rotatable bonds is 4. The Kier molecular flexibility index (Phi) is 5.79. The summed E-state index contributed by atoms with van der Waals surface area (Å²) in [6.45, 7) is 1.51. The number of aliphatic hydroxyl groups excluding tert-OH is 1. The zero-order chi connectivity index (χ0) is 17.1. The predicted octanol–water partition coefficient (Wildman–Crippen LogP) is 5.87. The first kappa shape index (κ1) is 18.3. The van der Waals surface area contributed by atoms with Crippen LogP contribution in [0.2, 0.25) is 0 Å². The Balaban J connectivity index is 2.24. The van der Waals surface area contributed by atoms with Crippen molar-refractivity contribution in [3.8, 4) is 0 Å². The van der Waals surface area contributed by atoms with Gasteiger partial charge in [0.15, 0.2) is 5.78 Å². The van der Waals surface area contributed by atoms with Gasteiger partial charge in [0.1, 0.15) is 5.76 Å². The van der Waals surface area contributed by atoms with Crippen LogP contribution in [0, 0.1) is 11.3 Å². The third kappa shape index (κ3) is 4.51. The normalized spacial score (nSPS) is 24.2. The zero-order valence-corrected chi connectivity index (χ0v) is 13.8. The van der Waals surface area contributed by atoms with Crippen LogP contribution in [0.15, 0.2) is 11.3 Å². The average Bonchev–Trinajstić information content (AvgIpc) is 2.53. The molecule has 2 saturated carbocycles. The fourth-order valence-corrected chi connectivity index (χ4v) is 4.29. The van der Waals surface area contributed by atoms with E-state index in [4.69, 9.17) is 0 Å². The van der Waals surface area contributed by atoms with Gasteiger partial charge in [0.25, 0.3) is 0 Å². The molecule has 0 atom stereocenters. The Morgan fingerprint density at radius 2 is 1.57 bits per heavy atom. The van der Waals surface area contributed by atoms with Gasteiger partial charge in [0.2, 0.25) is 0 Å². The lowest BCUT2D eigenvalue weighted by atomic mass is 9.66. The zero-order valence-electron chi connectivity index (χ0n) is 13.8. The topological polar surface area (TPSA) is 37.3 Å². The molecule has 23 heavy (non-hydrogen) atoms. The molecule has 0 bridgehead atoms. The largest absolute Gasteiger partial charge is 0.512 e. The Labute approximate surface area is 136 Å². The maximum atomic E-state index is 13.0. The van der Waals surface area contributed by atoms with Crippen LogP contribution in [-0.2, 0) is 4.79 Å². The van der Waals surface area contributed by atoms with E-state index in [1.54, 1.807) is 0 Å². The summed E-state index contributed by atoms with van der Waals surface area (Å²) in [5, 5.41) is 10.4. The van der Waals surface area contributed by atoms with Crippen molar-refractivity contribution in [2.24, 2.45) is 11.3 Å². The third-order valence-corrected chi connectivity index (χ3v) is 5.55. The van der Waals surface area contributed by atoms with Crippen molar-refractivity contribution in [1.82, 2.24) is 0 Å². The summed E-state index contributed by atoms with van der Waals surface area (Å²) in [7, 11) is 0. The van der Waals surface area contributed by atoms with Crippen molar-refractivity contribution in [2.45, 2.75) is 83.7 Å². The van der Waals surface area contributed by atoms with Crippen molar-refractivity contribution >= 4 is 5.78 Å². The molecule has 0 aromatic heterocycles. The molecule has 2 aliphatic carbocycles. The predicted molar refractivity (Wildman–Crippen MR) is 83.1 cm³/mol. The number of hydrogen-bond donors (Lipinski definition) is 1. The summed E-state index contributed by atoms with van der Waals surface area (Å²) in [6.07, 6.45) is 2.10. The van der Waals surface area contributed by atoms with E-state index in [0.717, 1.165) is 38.5 Å². The van der Waals surface area contributed by atoms with Crippen molar-refractivity contribution in [3.05, 3.63) is 11.3 Å². The molecule has 0 heterocycles. The lowest BCUT2D eigenvalue weighted by Crippen LogP contribution is -2.39. The number of Topliss-reactive ketones (excluding diaryl/α,β-unsaturated/α-hetero) is 1. The van der Waals surface area contributed by atoms with Gasteiger partial charge in [-0.05, 0) is 32.6 Å². The molecule has 132 valence electrons. The molecule has 2 nitrogen and oxygen atoms in total. The van der Waals surface area contributed by atoms with Crippen LogP contribution >= 0.6 is 0 Å². The summed E-state index contributed by atoms with van der Waals surface area (Å²) in [6, 6.07) is 0. The van der Waals surface area contributed by atoms with Gasteiger partial charge < -0.3 is 5.11 Å². The maximum absolute atomic E-state index is 13.0. The van der Waals surface area contributed by atoms with Crippen molar-refractivity contribution < 1.29 is 23.1 Å². The molecule has 2 fully saturated rings. The molecule has 1 N–H and O–H groups in total. The monoisotopic (exact) mass is 332 g/mol. The second-order valence-corrected chi connectivity index (χ2v) is 7.31. The summed E-state index contributed by atoms with van der Waals surface area (Å²) in [4.78, 5) is 12.9. The number of carbonyl (C=O) groups is 1. The number of ketones is 1. The average molecular weight is 332 g/mol. The summed E-state index contributed by atoms with van der Waals surface area (Å²) >= 11 is 0. The smallest absolute Gasteiger partial charge is 0.390 e. The lowest BCUT2D eigenvalue weighted by Gasteiger charge is -2.37. The Bertz CT molecular complexity index is 453. The first-order valence-corrected chi connectivity index (χ1v) is 8.76. The molecular formula is C18H27F3O2. The van der Waals surface area contributed by atoms with Crippen LogP contribution in [-0.4, -0.2) is 17.1 Å². The van der Waals surface area contributed by atoms with Gasteiger partial charge in [-0.1, -0.05) is 38.5 Å². The standard InChI is InChI=1S/C18H27F3O2/c1-13(15(22)14-8-4-2-5-9-14)16(23)17(12-18(19,20)21)10-6-3-7-11-17/h14,22H,2-12H2,1H3/b15-13-. The first-order valence-electron chi connectivity index (χ1n) is 8.76. The van der Waals surface area contributed by atoms with Crippen LogP contribution < -0.4 is 0 Å². The number of carbonyl (C=O) groups excluding carboxylic acids is 1. The van der Waals surface area contributed by atoms with E-state index in [1.807, 2.05) is 0 Å². The lowest BCUT2D eigenvalue weighted by molar-refractivity contribution is -0.169. The van der Waals surface area contributed by atoms with E-state index >= 15 is 0 Å². The minimum absolute atomic E-state index is 0.0434. The Hall–Kier alpha value is -1.00. The second-order valence-electron chi connectivity index (χ2n) is 7.31. The molecule has 0 amide bonds. The molecule has 0 unspecified atom stereocenters. The van der Waals surface area contributed by atoms with Crippen molar-refractivity contribution in [1.29, 1.82) is 0 Å². The Morgan fingerprint density at radius 3 is 2.09 bits per heavy atom. The molecule has 2 rings (SSSR count). The van der Waals surface area contributed by atoms with E-state index in [9.17, 15) is 23.1 Å². The Morgan fingerprint density at radius 1 is 1.04 bits per heavy atom. The minimum Gasteiger partial charge on any atom is -0.512 e. The van der Waals surface area contributed by atoms with E-state index in [0.29, 0.717) is 12.8 Å². The number of allylic oxidation sites excluding steroid dienone is 2. The summed E-state index contributed by atoms with van der Waals surface area (Å²) in [5.41, 5.74) is -1.19. The number of halogens is 3. The molecule has 0 radical (unpaired) electrons. The third-order valence-electron chi connectivity index (χ3n) is 5.55. The molecule has 0 saturated heterocycles. The highest BCUT2D eigenvalue weighted by atomic mass is 19.4. The van der Waals surface area contributed by atoms with Gasteiger partial charge in [-0.15, -0.1) is 0 Å². The SMILES string of the molecule is C/C(C(=O)C1(CC(F)(F)F)CCCCC1)=C(/O)C1CCCCC1. The van der Waals surface area contributed by atoms with Crippen LogP contribution in [0.3, 0.4) is 0 Å². The van der Waals surface area contributed by atoms with Crippen molar-refractivity contribution in [2.75, 3.05) is 0 Å². The number of alkyl halides is 3. The van der Waals surface area contributed by atoms with E-state index in [2.05, 4.69) is 0 Å². The molecule has 0 aromatic rings. The highest BCUT2D eigenvalue weighted by molar-refractivity contribution is 6.00. The van der Waals surface area contributed by atoms with Crippen LogP contribution in [0.4, 0.5) is 13.2 Å². The first-order chi connectivity index (χ1) is 10.8.